The zero-order valence-corrected chi connectivity index (χ0v) is 10.7. The second-order valence-electron chi connectivity index (χ2n) is 3.98. The summed E-state index contributed by atoms with van der Waals surface area (Å²) in [6.07, 6.45) is 1.87. The topological polar surface area (TPSA) is 49.3 Å². The van der Waals surface area contributed by atoms with Crippen molar-refractivity contribution in [1.82, 2.24) is 5.32 Å². The van der Waals surface area contributed by atoms with Gasteiger partial charge in [-0.05, 0) is 24.5 Å². The van der Waals surface area contributed by atoms with Crippen LogP contribution in [0.5, 0.6) is 5.75 Å². The summed E-state index contributed by atoms with van der Waals surface area (Å²) in [4.78, 5) is 11.8. The van der Waals surface area contributed by atoms with Gasteiger partial charge in [0, 0.05) is 12.4 Å². The van der Waals surface area contributed by atoms with Gasteiger partial charge in [0.2, 0.25) is 0 Å². The summed E-state index contributed by atoms with van der Waals surface area (Å²) >= 11 is 5.68. The zero-order chi connectivity index (χ0) is 12.7. The number of halogens is 1. The summed E-state index contributed by atoms with van der Waals surface area (Å²) in [5.74, 6) is 0.763. The number of carbonyl (C=O) groups is 1. The summed E-state index contributed by atoms with van der Waals surface area (Å²) < 4.78 is 0. The number of phenolic OH excluding ortho intramolecular Hbond substituents is 1. The lowest BCUT2D eigenvalue weighted by atomic mass is 10.0. The maximum Gasteiger partial charge on any atom is 0.255 e. The van der Waals surface area contributed by atoms with E-state index in [4.69, 9.17) is 11.6 Å². The second kappa shape index (κ2) is 7.17. The predicted octanol–water partition coefficient (Wildman–Crippen LogP) is 2.78. The number of hydrogen-bond donors (Lipinski definition) is 2. The Morgan fingerprint density at radius 3 is 2.76 bits per heavy atom. The number of para-hydroxylation sites is 1. The fourth-order valence-electron chi connectivity index (χ4n) is 1.60. The van der Waals surface area contributed by atoms with Crippen molar-refractivity contribution in [3.05, 3.63) is 29.8 Å². The lowest BCUT2D eigenvalue weighted by Crippen LogP contribution is -2.29. The first-order valence-electron chi connectivity index (χ1n) is 5.81. The standard InChI is InChI=1S/C13H18ClNO2/c1-2-10(7-8-14)9-15-13(17)11-5-3-4-6-12(11)16/h3-6,10,16H,2,7-9H2,1H3,(H,15,17). The molecule has 0 heterocycles. The van der Waals surface area contributed by atoms with Crippen LogP contribution in [0.4, 0.5) is 0 Å². The van der Waals surface area contributed by atoms with Crippen LogP contribution < -0.4 is 5.32 Å². The highest BCUT2D eigenvalue weighted by molar-refractivity contribution is 6.17. The van der Waals surface area contributed by atoms with Crippen LogP contribution in [-0.2, 0) is 0 Å². The summed E-state index contributed by atoms with van der Waals surface area (Å²) in [7, 11) is 0. The average molecular weight is 256 g/mol. The molecule has 2 N–H and O–H groups in total. The minimum absolute atomic E-state index is 0.00962. The molecule has 0 aromatic heterocycles. The molecule has 1 aromatic carbocycles. The van der Waals surface area contributed by atoms with Crippen molar-refractivity contribution in [3.63, 3.8) is 0 Å². The number of alkyl halides is 1. The molecular formula is C13H18ClNO2. The number of carbonyl (C=O) groups excluding carboxylic acids is 1. The number of aromatic hydroxyl groups is 1. The van der Waals surface area contributed by atoms with Crippen molar-refractivity contribution in [2.75, 3.05) is 12.4 Å². The van der Waals surface area contributed by atoms with Gasteiger partial charge >= 0.3 is 0 Å². The molecule has 3 nitrogen and oxygen atoms in total. The molecule has 0 bridgehead atoms. The Balaban J connectivity index is 2.52. The van der Waals surface area contributed by atoms with Crippen molar-refractivity contribution in [3.8, 4) is 5.75 Å². The van der Waals surface area contributed by atoms with Gasteiger partial charge in [0.05, 0.1) is 5.56 Å². The van der Waals surface area contributed by atoms with Crippen LogP contribution in [0.15, 0.2) is 24.3 Å². The van der Waals surface area contributed by atoms with Crippen LogP contribution in [0.1, 0.15) is 30.1 Å². The van der Waals surface area contributed by atoms with E-state index in [0.717, 1.165) is 12.8 Å². The number of amides is 1. The van der Waals surface area contributed by atoms with E-state index in [9.17, 15) is 9.90 Å². The lowest BCUT2D eigenvalue weighted by molar-refractivity contribution is 0.0944. The minimum Gasteiger partial charge on any atom is -0.507 e. The van der Waals surface area contributed by atoms with Crippen molar-refractivity contribution in [2.24, 2.45) is 5.92 Å². The minimum atomic E-state index is -0.240. The fraction of sp³-hybridized carbons (Fsp3) is 0.462. The van der Waals surface area contributed by atoms with Crippen LogP contribution in [0.25, 0.3) is 0 Å². The molecule has 94 valence electrons. The highest BCUT2D eigenvalue weighted by Gasteiger charge is 2.12. The number of rotatable bonds is 6. The van der Waals surface area contributed by atoms with E-state index in [1.165, 1.54) is 6.07 Å². The van der Waals surface area contributed by atoms with Gasteiger partial charge in [0.1, 0.15) is 5.75 Å². The average Bonchev–Trinajstić information content (AvgIpc) is 2.34. The number of benzene rings is 1. The van der Waals surface area contributed by atoms with Crippen LogP contribution in [0.3, 0.4) is 0 Å². The van der Waals surface area contributed by atoms with E-state index in [2.05, 4.69) is 12.2 Å². The van der Waals surface area contributed by atoms with Crippen LogP contribution in [0.2, 0.25) is 0 Å². The summed E-state index contributed by atoms with van der Waals surface area (Å²) in [5, 5.41) is 12.3. The third kappa shape index (κ3) is 4.27. The van der Waals surface area contributed by atoms with E-state index in [-0.39, 0.29) is 11.7 Å². The first kappa shape index (κ1) is 13.8. The zero-order valence-electron chi connectivity index (χ0n) is 9.95. The molecule has 0 spiro atoms. The number of nitrogens with one attached hydrogen (secondary N) is 1. The summed E-state index contributed by atoms with van der Waals surface area (Å²) in [6.45, 7) is 2.67. The Bertz CT molecular complexity index is 368. The van der Waals surface area contributed by atoms with Gasteiger partial charge in [-0.25, -0.2) is 0 Å². The Morgan fingerprint density at radius 2 is 2.18 bits per heavy atom. The maximum absolute atomic E-state index is 11.8. The second-order valence-corrected chi connectivity index (χ2v) is 4.36. The van der Waals surface area contributed by atoms with Crippen LogP contribution >= 0.6 is 11.6 Å². The lowest BCUT2D eigenvalue weighted by Gasteiger charge is -2.14. The molecule has 1 amide bonds. The third-order valence-corrected chi connectivity index (χ3v) is 3.01. The largest absolute Gasteiger partial charge is 0.507 e. The van der Waals surface area contributed by atoms with Gasteiger partial charge in [0.15, 0.2) is 0 Å². The van der Waals surface area contributed by atoms with Crippen molar-refractivity contribution in [1.29, 1.82) is 0 Å². The third-order valence-electron chi connectivity index (χ3n) is 2.79. The van der Waals surface area contributed by atoms with Gasteiger partial charge in [-0.1, -0.05) is 25.5 Å². The number of phenols is 1. The maximum atomic E-state index is 11.8. The summed E-state index contributed by atoms with van der Waals surface area (Å²) in [6, 6.07) is 6.53. The molecule has 0 aliphatic heterocycles. The molecular weight excluding hydrogens is 238 g/mol. The molecule has 0 saturated heterocycles. The summed E-state index contributed by atoms with van der Waals surface area (Å²) in [5.41, 5.74) is 0.313. The van der Waals surface area contributed by atoms with E-state index < -0.39 is 0 Å². The Morgan fingerprint density at radius 1 is 1.47 bits per heavy atom. The van der Waals surface area contributed by atoms with Gasteiger partial charge in [-0.15, -0.1) is 11.6 Å². The fourth-order valence-corrected chi connectivity index (χ4v) is 1.91. The van der Waals surface area contributed by atoms with Crippen LogP contribution in [-0.4, -0.2) is 23.4 Å². The van der Waals surface area contributed by atoms with E-state index >= 15 is 0 Å². The predicted molar refractivity (Wildman–Crippen MR) is 69.6 cm³/mol. The Kier molecular flexibility index (Phi) is 5.84. The monoisotopic (exact) mass is 255 g/mol. The van der Waals surface area contributed by atoms with Gasteiger partial charge < -0.3 is 10.4 Å². The van der Waals surface area contributed by atoms with Gasteiger partial charge in [0.25, 0.3) is 5.91 Å². The van der Waals surface area contributed by atoms with Gasteiger partial charge in [-0.2, -0.15) is 0 Å². The first-order chi connectivity index (χ1) is 8.19. The molecule has 1 rings (SSSR count). The Labute approximate surface area is 107 Å². The smallest absolute Gasteiger partial charge is 0.255 e. The highest BCUT2D eigenvalue weighted by Crippen LogP contribution is 2.15. The van der Waals surface area contributed by atoms with Crippen molar-refractivity contribution in [2.45, 2.75) is 19.8 Å². The molecule has 0 fully saturated rings. The van der Waals surface area contributed by atoms with E-state index in [1.54, 1.807) is 18.2 Å². The Hall–Kier alpha value is -1.22. The molecule has 1 aromatic rings. The molecule has 4 heteroatoms. The normalized spacial score (nSPS) is 12.1. The molecule has 17 heavy (non-hydrogen) atoms. The molecule has 0 radical (unpaired) electrons. The number of hydrogen-bond acceptors (Lipinski definition) is 2. The molecule has 0 saturated carbocycles. The molecule has 0 aliphatic carbocycles. The van der Waals surface area contributed by atoms with Crippen molar-refractivity contribution >= 4 is 17.5 Å². The first-order valence-corrected chi connectivity index (χ1v) is 6.34. The highest BCUT2D eigenvalue weighted by atomic mass is 35.5. The van der Waals surface area contributed by atoms with Gasteiger partial charge in [-0.3, -0.25) is 4.79 Å². The molecule has 0 aliphatic rings. The van der Waals surface area contributed by atoms with Crippen LogP contribution in [0, 0.1) is 5.92 Å². The van der Waals surface area contributed by atoms with E-state index in [1.807, 2.05) is 0 Å². The molecule has 1 unspecified atom stereocenters. The quantitative estimate of drug-likeness (QED) is 0.768. The van der Waals surface area contributed by atoms with E-state index in [0.29, 0.717) is 23.9 Å². The SMILES string of the molecule is CCC(CCCl)CNC(=O)c1ccccc1O. The molecule has 1 atom stereocenters. The van der Waals surface area contributed by atoms with Crippen molar-refractivity contribution < 1.29 is 9.90 Å².